The van der Waals surface area contributed by atoms with Crippen LogP contribution in [0.2, 0.25) is 0 Å². The average Bonchev–Trinajstić information content (AvgIpc) is 2.80. The number of para-hydroxylation sites is 1. The van der Waals surface area contributed by atoms with Gasteiger partial charge in [-0.3, -0.25) is 0 Å². The zero-order valence-corrected chi connectivity index (χ0v) is 15.7. The molecule has 0 bridgehead atoms. The van der Waals surface area contributed by atoms with Crippen LogP contribution in [0.4, 0.5) is 4.79 Å². The van der Waals surface area contributed by atoms with Crippen molar-refractivity contribution in [2.24, 2.45) is 0 Å². The summed E-state index contributed by atoms with van der Waals surface area (Å²) in [5, 5.41) is 1.07. The third-order valence-electron chi connectivity index (χ3n) is 3.66. The number of ether oxygens (including phenoxy) is 2. The van der Waals surface area contributed by atoms with E-state index < -0.39 is 5.60 Å². The van der Waals surface area contributed by atoms with Gasteiger partial charge in [-0.1, -0.05) is 24.3 Å². The summed E-state index contributed by atoms with van der Waals surface area (Å²) in [6, 6.07) is 7.94. The predicted molar refractivity (Wildman–Crippen MR) is 99.7 cm³/mol. The Morgan fingerprint density at radius 3 is 2.70 bits per heavy atom. The maximum absolute atomic E-state index is 12.8. The number of aromatic nitrogens is 1. The van der Waals surface area contributed by atoms with Crippen LogP contribution < -0.4 is 0 Å². The summed E-state index contributed by atoms with van der Waals surface area (Å²) in [5.74, 6) is 0. The van der Waals surface area contributed by atoms with E-state index in [9.17, 15) is 4.79 Å². The van der Waals surface area contributed by atoms with Crippen molar-refractivity contribution in [3.05, 3.63) is 39.6 Å². The molecule has 0 N–H and O–H groups in total. The lowest BCUT2D eigenvalue weighted by Gasteiger charge is -2.22. The van der Waals surface area contributed by atoms with Gasteiger partial charge in [-0.05, 0) is 61.4 Å². The Hall–Kier alpha value is -1.34. The first-order valence-corrected chi connectivity index (χ1v) is 8.76. The van der Waals surface area contributed by atoms with Crippen molar-refractivity contribution in [2.45, 2.75) is 32.8 Å². The van der Waals surface area contributed by atoms with Crippen LogP contribution in [0.25, 0.3) is 16.5 Å². The van der Waals surface area contributed by atoms with Crippen LogP contribution in [0.3, 0.4) is 0 Å². The Bertz CT molecular complexity index is 783. The molecule has 0 amide bonds. The zero-order chi connectivity index (χ0) is 16.6. The zero-order valence-electron chi connectivity index (χ0n) is 13.6. The average molecular weight is 425 g/mol. The van der Waals surface area contributed by atoms with Crippen LogP contribution in [0.15, 0.2) is 30.3 Å². The third-order valence-corrected chi connectivity index (χ3v) is 4.75. The second kappa shape index (κ2) is 6.28. The topological polar surface area (TPSA) is 40.5 Å². The molecule has 23 heavy (non-hydrogen) atoms. The van der Waals surface area contributed by atoms with Gasteiger partial charge in [-0.2, -0.15) is 0 Å². The minimum absolute atomic E-state index is 0.334. The first-order valence-electron chi connectivity index (χ1n) is 7.68. The van der Waals surface area contributed by atoms with E-state index in [1.54, 1.807) is 4.57 Å². The molecule has 0 unspecified atom stereocenters. The largest absolute Gasteiger partial charge is 0.443 e. The molecule has 1 aromatic heterocycles. The molecule has 0 saturated carbocycles. The number of rotatable bonds is 1. The maximum Gasteiger partial charge on any atom is 0.419 e. The summed E-state index contributed by atoms with van der Waals surface area (Å²) in [6.45, 7) is 6.91. The molecule has 3 rings (SSSR count). The van der Waals surface area contributed by atoms with Crippen molar-refractivity contribution in [1.29, 1.82) is 0 Å². The maximum atomic E-state index is 12.8. The van der Waals surface area contributed by atoms with Crippen LogP contribution in [0, 0.1) is 3.57 Å². The standard InChI is InChI=1S/C18H20INO3/c1-18(2,3)23-17(21)20-14-7-5-4-6-13(14)15(19)16(20)12-8-10-22-11-9-12/h4-8H,9-11H2,1-3H3. The molecule has 2 heterocycles. The quantitative estimate of drug-likeness (QED) is 0.615. The van der Waals surface area contributed by atoms with Gasteiger partial charge in [0, 0.05) is 8.96 Å². The van der Waals surface area contributed by atoms with E-state index in [-0.39, 0.29) is 6.09 Å². The fourth-order valence-corrected chi connectivity index (χ4v) is 3.77. The molecule has 2 aromatic rings. The van der Waals surface area contributed by atoms with Gasteiger partial charge in [0.15, 0.2) is 0 Å². The Morgan fingerprint density at radius 2 is 2.04 bits per heavy atom. The number of nitrogens with zero attached hydrogens (tertiary/aromatic N) is 1. The number of halogens is 1. The summed E-state index contributed by atoms with van der Waals surface area (Å²) in [5.41, 5.74) is 2.43. The second-order valence-electron chi connectivity index (χ2n) is 6.55. The Kier molecular flexibility index (Phi) is 4.51. The number of hydrogen-bond acceptors (Lipinski definition) is 3. The van der Waals surface area contributed by atoms with Crippen LogP contribution in [0.1, 0.15) is 32.9 Å². The van der Waals surface area contributed by atoms with Crippen molar-refractivity contribution in [3.63, 3.8) is 0 Å². The third kappa shape index (κ3) is 3.30. The van der Waals surface area contributed by atoms with E-state index in [1.807, 2.05) is 45.0 Å². The minimum atomic E-state index is -0.533. The first-order chi connectivity index (χ1) is 10.9. The summed E-state index contributed by atoms with van der Waals surface area (Å²) in [7, 11) is 0. The molecule has 1 aliphatic rings. The van der Waals surface area contributed by atoms with Gasteiger partial charge in [0.2, 0.25) is 0 Å². The lowest BCUT2D eigenvalue weighted by Crippen LogP contribution is -2.28. The van der Waals surface area contributed by atoms with Crippen molar-refractivity contribution in [3.8, 4) is 0 Å². The van der Waals surface area contributed by atoms with Crippen molar-refractivity contribution in [2.75, 3.05) is 13.2 Å². The van der Waals surface area contributed by atoms with Crippen molar-refractivity contribution < 1.29 is 14.3 Å². The number of hydrogen-bond donors (Lipinski definition) is 0. The molecule has 0 saturated heterocycles. The molecular weight excluding hydrogens is 405 g/mol. The van der Waals surface area contributed by atoms with Gasteiger partial charge in [-0.25, -0.2) is 9.36 Å². The van der Waals surface area contributed by atoms with E-state index in [0.29, 0.717) is 13.2 Å². The molecule has 0 spiro atoms. The second-order valence-corrected chi connectivity index (χ2v) is 7.63. The molecule has 5 heteroatoms. The van der Waals surface area contributed by atoms with E-state index in [1.165, 1.54) is 0 Å². The predicted octanol–water partition coefficient (Wildman–Crippen LogP) is 4.83. The molecule has 0 atom stereocenters. The fraction of sp³-hybridized carbons (Fsp3) is 0.389. The van der Waals surface area contributed by atoms with E-state index >= 15 is 0 Å². The molecule has 1 aliphatic heterocycles. The fourth-order valence-electron chi connectivity index (χ4n) is 2.72. The van der Waals surface area contributed by atoms with Crippen LogP contribution in [0.5, 0.6) is 0 Å². The van der Waals surface area contributed by atoms with Gasteiger partial charge in [0.05, 0.1) is 24.4 Å². The highest BCUT2D eigenvalue weighted by Crippen LogP contribution is 2.35. The first kappa shape index (κ1) is 16.5. The summed E-state index contributed by atoms with van der Waals surface area (Å²) >= 11 is 2.32. The normalized spacial score (nSPS) is 15.6. The number of fused-ring (bicyclic) bond motifs is 1. The number of carbonyl (C=O) groups is 1. The monoisotopic (exact) mass is 425 g/mol. The molecular formula is C18H20INO3. The summed E-state index contributed by atoms with van der Waals surface area (Å²) in [6.07, 6.45) is 2.52. The van der Waals surface area contributed by atoms with Crippen molar-refractivity contribution >= 4 is 45.2 Å². The molecule has 0 fully saturated rings. The highest BCUT2D eigenvalue weighted by atomic mass is 127. The summed E-state index contributed by atoms with van der Waals surface area (Å²) in [4.78, 5) is 12.8. The van der Waals surface area contributed by atoms with Gasteiger partial charge >= 0.3 is 6.09 Å². The van der Waals surface area contributed by atoms with Gasteiger partial charge in [-0.15, -0.1) is 0 Å². The minimum Gasteiger partial charge on any atom is -0.443 e. The van der Waals surface area contributed by atoms with E-state index in [0.717, 1.165) is 32.2 Å². The molecule has 4 nitrogen and oxygen atoms in total. The lowest BCUT2D eigenvalue weighted by molar-refractivity contribution is 0.0542. The molecule has 122 valence electrons. The van der Waals surface area contributed by atoms with Gasteiger partial charge < -0.3 is 9.47 Å². The van der Waals surface area contributed by atoms with Crippen LogP contribution in [-0.2, 0) is 9.47 Å². The van der Waals surface area contributed by atoms with Crippen molar-refractivity contribution in [1.82, 2.24) is 4.57 Å². The van der Waals surface area contributed by atoms with Crippen LogP contribution in [-0.4, -0.2) is 29.5 Å². The Labute approximate surface area is 149 Å². The number of benzene rings is 1. The SMILES string of the molecule is CC(C)(C)OC(=O)n1c(C2=CCOCC2)c(I)c2ccccc21. The smallest absolute Gasteiger partial charge is 0.419 e. The van der Waals surface area contributed by atoms with Gasteiger partial charge in [0.1, 0.15) is 5.60 Å². The van der Waals surface area contributed by atoms with E-state index in [2.05, 4.69) is 28.7 Å². The highest BCUT2D eigenvalue weighted by molar-refractivity contribution is 14.1. The Morgan fingerprint density at radius 1 is 1.30 bits per heavy atom. The van der Waals surface area contributed by atoms with Gasteiger partial charge in [0.25, 0.3) is 0 Å². The molecule has 1 aromatic carbocycles. The summed E-state index contributed by atoms with van der Waals surface area (Å²) < 4.78 is 13.8. The lowest BCUT2D eigenvalue weighted by atomic mass is 10.1. The molecule has 0 radical (unpaired) electrons. The molecule has 0 aliphatic carbocycles. The highest BCUT2D eigenvalue weighted by Gasteiger charge is 2.26. The Balaban J connectivity index is 2.21. The van der Waals surface area contributed by atoms with Crippen LogP contribution >= 0.6 is 22.6 Å². The van der Waals surface area contributed by atoms with E-state index in [4.69, 9.17) is 9.47 Å². The number of carbonyl (C=O) groups excluding carboxylic acids is 1.